The summed E-state index contributed by atoms with van der Waals surface area (Å²) >= 11 is 1.56. The fourth-order valence-corrected chi connectivity index (χ4v) is 3.87. The number of ketones is 1. The van der Waals surface area contributed by atoms with Crippen LogP contribution in [0.1, 0.15) is 61.3 Å². The first-order valence-corrected chi connectivity index (χ1v) is 7.70. The smallest absolute Gasteiger partial charge is 0.186 e. The summed E-state index contributed by atoms with van der Waals surface area (Å²) in [5.41, 5.74) is 0.886. The van der Waals surface area contributed by atoms with Gasteiger partial charge in [0.25, 0.3) is 0 Å². The van der Waals surface area contributed by atoms with Gasteiger partial charge in [-0.2, -0.15) is 0 Å². The maximum atomic E-state index is 11.5. The highest BCUT2D eigenvalue weighted by molar-refractivity contribution is 7.17. The number of carbonyl (C=O) groups excluding carboxylic acids is 1. The molecule has 0 aliphatic heterocycles. The summed E-state index contributed by atoms with van der Waals surface area (Å²) in [6.45, 7) is 6.72. The fourth-order valence-electron chi connectivity index (χ4n) is 2.77. The summed E-state index contributed by atoms with van der Waals surface area (Å²) in [4.78, 5) is 19.3. The molecule has 3 nitrogen and oxygen atoms in total. The van der Waals surface area contributed by atoms with E-state index in [2.05, 4.69) is 16.8 Å². The lowest BCUT2D eigenvalue weighted by atomic mass is 9.94. The van der Waals surface area contributed by atoms with Gasteiger partial charge in [-0.25, -0.2) is 4.98 Å². The molecule has 18 heavy (non-hydrogen) atoms. The molecule has 1 aliphatic rings. The van der Waals surface area contributed by atoms with Gasteiger partial charge in [0.1, 0.15) is 0 Å². The van der Waals surface area contributed by atoms with E-state index in [0.29, 0.717) is 6.04 Å². The van der Waals surface area contributed by atoms with Crippen molar-refractivity contribution in [2.45, 2.75) is 58.9 Å². The highest BCUT2D eigenvalue weighted by atomic mass is 32.1. The van der Waals surface area contributed by atoms with Crippen LogP contribution < -0.4 is 4.90 Å². The topological polar surface area (TPSA) is 33.2 Å². The standard InChI is InChI=1S/C14H22N2OS/c1-4-16(12-8-6-5-7-9-12)14-15-10(2)13(18-14)11(3)17/h12H,4-9H2,1-3H3. The van der Waals surface area contributed by atoms with Crippen LogP contribution in [0, 0.1) is 6.92 Å². The molecule has 0 bridgehead atoms. The Morgan fingerprint density at radius 3 is 2.56 bits per heavy atom. The third-order valence-electron chi connectivity index (χ3n) is 3.71. The Hall–Kier alpha value is -0.900. The summed E-state index contributed by atoms with van der Waals surface area (Å²) in [6, 6.07) is 0.620. The number of rotatable bonds is 4. The van der Waals surface area contributed by atoms with E-state index in [9.17, 15) is 4.79 Å². The zero-order valence-electron chi connectivity index (χ0n) is 11.5. The first-order chi connectivity index (χ1) is 8.63. The molecule has 2 rings (SSSR count). The number of hydrogen-bond donors (Lipinski definition) is 0. The van der Waals surface area contributed by atoms with Crippen LogP contribution in [0.2, 0.25) is 0 Å². The molecule has 0 radical (unpaired) electrons. The highest BCUT2D eigenvalue weighted by Gasteiger charge is 2.23. The van der Waals surface area contributed by atoms with Gasteiger partial charge < -0.3 is 4.90 Å². The van der Waals surface area contributed by atoms with Gasteiger partial charge in [-0.3, -0.25) is 4.79 Å². The van der Waals surface area contributed by atoms with Gasteiger partial charge in [0.15, 0.2) is 10.9 Å². The van der Waals surface area contributed by atoms with Crippen molar-refractivity contribution in [2.75, 3.05) is 11.4 Å². The van der Waals surface area contributed by atoms with Crippen molar-refractivity contribution in [3.05, 3.63) is 10.6 Å². The average molecular weight is 266 g/mol. The van der Waals surface area contributed by atoms with Crippen molar-refractivity contribution in [2.24, 2.45) is 0 Å². The van der Waals surface area contributed by atoms with Gasteiger partial charge in [-0.15, -0.1) is 0 Å². The summed E-state index contributed by atoms with van der Waals surface area (Å²) in [5, 5.41) is 1.03. The molecular weight excluding hydrogens is 244 g/mol. The molecular formula is C14H22N2OS. The minimum atomic E-state index is 0.135. The number of aromatic nitrogens is 1. The average Bonchev–Trinajstić information content (AvgIpc) is 2.74. The van der Waals surface area contributed by atoms with Crippen molar-refractivity contribution < 1.29 is 4.79 Å². The van der Waals surface area contributed by atoms with Crippen LogP contribution in [0.3, 0.4) is 0 Å². The number of anilines is 1. The molecule has 0 aromatic carbocycles. The summed E-state index contributed by atoms with van der Waals surface area (Å²) in [6.07, 6.45) is 6.55. The van der Waals surface area contributed by atoms with Gasteiger partial charge >= 0.3 is 0 Å². The quantitative estimate of drug-likeness (QED) is 0.777. The Morgan fingerprint density at radius 2 is 2.06 bits per heavy atom. The SMILES string of the molecule is CCN(c1nc(C)c(C(C)=O)s1)C1CCCCC1. The van der Waals surface area contributed by atoms with E-state index < -0.39 is 0 Å². The number of Topliss-reactive ketones (excluding diaryl/α,β-unsaturated/α-hetero) is 1. The lowest BCUT2D eigenvalue weighted by Gasteiger charge is -2.33. The third kappa shape index (κ3) is 2.74. The van der Waals surface area contributed by atoms with Crippen molar-refractivity contribution in [3.8, 4) is 0 Å². The number of thiazole rings is 1. The highest BCUT2D eigenvalue weighted by Crippen LogP contribution is 2.31. The number of hydrogen-bond acceptors (Lipinski definition) is 4. The lowest BCUT2D eigenvalue weighted by Crippen LogP contribution is -2.36. The molecule has 0 amide bonds. The van der Waals surface area contributed by atoms with E-state index in [4.69, 9.17) is 0 Å². The van der Waals surface area contributed by atoms with Crippen molar-refractivity contribution in [1.82, 2.24) is 4.98 Å². The Bertz CT molecular complexity index is 421. The zero-order chi connectivity index (χ0) is 13.1. The maximum Gasteiger partial charge on any atom is 0.186 e. The number of aryl methyl sites for hydroxylation is 1. The molecule has 4 heteroatoms. The van der Waals surface area contributed by atoms with Crippen LogP contribution >= 0.6 is 11.3 Å². The molecule has 1 saturated carbocycles. The van der Waals surface area contributed by atoms with Gasteiger partial charge in [0, 0.05) is 19.5 Å². The Balaban J connectivity index is 2.21. The van der Waals surface area contributed by atoms with E-state index in [1.807, 2.05) is 6.92 Å². The van der Waals surface area contributed by atoms with E-state index in [0.717, 1.165) is 22.2 Å². The predicted molar refractivity (Wildman–Crippen MR) is 76.7 cm³/mol. The molecule has 1 fully saturated rings. The largest absolute Gasteiger partial charge is 0.345 e. The monoisotopic (exact) mass is 266 g/mol. The van der Waals surface area contributed by atoms with E-state index in [1.54, 1.807) is 18.3 Å². The number of carbonyl (C=O) groups is 1. The van der Waals surface area contributed by atoms with Crippen LogP contribution in [-0.4, -0.2) is 23.4 Å². The molecule has 0 unspecified atom stereocenters. The second-order valence-electron chi connectivity index (χ2n) is 5.05. The van der Waals surface area contributed by atoms with Crippen molar-refractivity contribution >= 4 is 22.3 Å². The Kier molecular flexibility index (Phi) is 4.38. The van der Waals surface area contributed by atoms with Crippen LogP contribution in [0.25, 0.3) is 0 Å². The third-order valence-corrected chi connectivity index (χ3v) is 5.00. The fraction of sp³-hybridized carbons (Fsp3) is 0.714. The second-order valence-corrected chi connectivity index (χ2v) is 6.02. The molecule has 0 spiro atoms. The van der Waals surface area contributed by atoms with Crippen molar-refractivity contribution in [3.63, 3.8) is 0 Å². The lowest BCUT2D eigenvalue weighted by molar-refractivity contribution is 0.102. The summed E-state index contributed by atoms with van der Waals surface area (Å²) < 4.78 is 0. The van der Waals surface area contributed by atoms with Crippen LogP contribution in [-0.2, 0) is 0 Å². The van der Waals surface area contributed by atoms with Crippen molar-refractivity contribution in [1.29, 1.82) is 0 Å². The number of nitrogens with zero attached hydrogens (tertiary/aromatic N) is 2. The minimum absolute atomic E-state index is 0.135. The second kappa shape index (κ2) is 5.83. The minimum Gasteiger partial charge on any atom is -0.345 e. The van der Waals surface area contributed by atoms with Gasteiger partial charge in [-0.05, 0) is 26.7 Å². The predicted octanol–water partition coefficient (Wildman–Crippen LogP) is 3.81. The summed E-state index contributed by atoms with van der Waals surface area (Å²) in [5.74, 6) is 0.135. The molecule has 0 atom stereocenters. The van der Waals surface area contributed by atoms with Gasteiger partial charge in [0.2, 0.25) is 0 Å². The molecule has 1 aromatic heterocycles. The molecule has 100 valence electrons. The van der Waals surface area contributed by atoms with Gasteiger partial charge in [0.05, 0.1) is 10.6 Å². The summed E-state index contributed by atoms with van der Waals surface area (Å²) in [7, 11) is 0. The van der Waals surface area contributed by atoms with Crippen LogP contribution in [0.4, 0.5) is 5.13 Å². The zero-order valence-corrected chi connectivity index (χ0v) is 12.3. The maximum absolute atomic E-state index is 11.5. The van der Waals surface area contributed by atoms with E-state index in [1.165, 1.54) is 32.1 Å². The van der Waals surface area contributed by atoms with Crippen LogP contribution in [0.5, 0.6) is 0 Å². The normalized spacial score (nSPS) is 16.8. The molecule has 0 saturated heterocycles. The Labute approximate surface area is 113 Å². The van der Waals surface area contributed by atoms with E-state index >= 15 is 0 Å². The van der Waals surface area contributed by atoms with Gasteiger partial charge in [-0.1, -0.05) is 30.6 Å². The van der Waals surface area contributed by atoms with E-state index in [-0.39, 0.29) is 5.78 Å². The molecule has 1 aliphatic carbocycles. The first kappa shape index (κ1) is 13.5. The first-order valence-electron chi connectivity index (χ1n) is 6.88. The van der Waals surface area contributed by atoms with Crippen LogP contribution in [0.15, 0.2) is 0 Å². The molecule has 1 aromatic rings. The Morgan fingerprint density at radius 1 is 1.39 bits per heavy atom. The molecule has 0 N–H and O–H groups in total. The molecule has 1 heterocycles.